The molecule has 3 fully saturated rings. The first-order chi connectivity index (χ1) is 13.3. The number of carboxylic acid groups (broad SMARTS) is 1. The van der Waals surface area contributed by atoms with Gasteiger partial charge in [0.05, 0.1) is 0 Å². The Morgan fingerprint density at radius 1 is 1.18 bits per heavy atom. The number of nitrogens with one attached hydrogen (secondary N) is 1. The molecule has 3 saturated carbocycles. The van der Waals surface area contributed by atoms with Crippen molar-refractivity contribution < 1.29 is 23.5 Å². The maximum atomic E-state index is 13.3. The van der Waals surface area contributed by atoms with Gasteiger partial charge in [-0.3, -0.25) is 4.79 Å². The average Bonchev–Trinajstić information content (AvgIpc) is 3.56. The normalized spacial score (nSPS) is 26.5. The zero-order valence-electron chi connectivity index (χ0n) is 15.7. The van der Waals surface area contributed by atoms with Crippen molar-refractivity contribution in [2.24, 2.45) is 5.92 Å². The third-order valence-electron chi connectivity index (χ3n) is 6.18. The van der Waals surface area contributed by atoms with Gasteiger partial charge in [0.25, 0.3) is 5.91 Å². The lowest BCUT2D eigenvalue weighted by molar-refractivity contribution is -0.0399. The first kappa shape index (κ1) is 19.2. The zero-order chi connectivity index (χ0) is 19.9. The maximum Gasteiger partial charge on any atom is 0.407 e. The van der Waals surface area contributed by atoms with Gasteiger partial charge in [-0.1, -0.05) is 12.1 Å². The lowest BCUT2D eigenvalue weighted by Crippen LogP contribution is -2.40. The third-order valence-corrected chi connectivity index (χ3v) is 6.18. The number of alkyl halides is 2. The summed E-state index contributed by atoms with van der Waals surface area (Å²) in [6.45, 7) is 0.600. The van der Waals surface area contributed by atoms with E-state index in [4.69, 9.17) is 0 Å². The summed E-state index contributed by atoms with van der Waals surface area (Å²) in [7, 11) is 0. The molecule has 0 spiro atoms. The summed E-state index contributed by atoms with van der Waals surface area (Å²) >= 11 is 0. The fourth-order valence-electron chi connectivity index (χ4n) is 4.18. The summed E-state index contributed by atoms with van der Waals surface area (Å²) in [6, 6.07) is 7.03. The topological polar surface area (TPSA) is 69.6 Å². The number of carbonyl (C=O) groups excluding carboxylic acids is 1. The number of benzene rings is 1. The largest absolute Gasteiger partial charge is 0.465 e. The summed E-state index contributed by atoms with van der Waals surface area (Å²) in [6.07, 6.45) is 2.31. The average molecular weight is 392 g/mol. The predicted octanol–water partition coefficient (Wildman–Crippen LogP) is 4.24. The van der Waals surface area contributed by atoms with E-state index in [9.17, 15) is 23.5 Å². The molecule has 0 heterocycles. The molecular formula is C21H26F2N2O3. The highest BCUT2D eigenvalue weighted by Crippen LogP contribution is 2.46. The van der Waals surface area contributed by atoms with Crippen molar-refractivity contribution in [2.75, 3.05) is 6.54 Å². The number of nitrogens with zero attached hydrogens (tertiary/aromatic N) is 1. The second kappa shape index (κ2) is 7.33. The Balaban J connectivity index is 1.37. The van der Waals surface area contributed by atoms with Gasteiger partial charge in [0.2, 0.25) is 5.92 Å². The number of carbonyl (C=O) groups is 2. The molecule has 7 heteroatoms. The Labute approximate surface area is 163 Å². The van der Waals surface area contributed by atoms with E-state index >= 15 is 0 Å². The van der Waals surface area contributed by atoms with Gasteiger partial charge >= 0.3 is 6.09 Å². The zero-order valence-corrected chi connectivity index (χ0v) is 15.7. The van der Waals surface area contributed by atoms with Crippen LogP contribution in [0.5, 0.6) is 0 Å². The Bertz CT molecular complexity index is 756. The van der Waals surface area contributed by atoms with Crippen LogP contribution in [0.25, 0.3) is 0 Å². The van der Waals surface area contributed by atoms with Gasteiger partial charge < -0.3 is 15.3 Å². The molecule has 5 nitrogen and oxygen atoms in total. The van der Waals surface area contributed by atoms with Crippen LogP contribution in [0.4, 0.5) is 13.6 Å². The molecule has 0 bridgehead atoms. The number of halogens is 2. The van der Waals surface area contributed by atoms with Crippen molar-refractivity contribution in [1.82, 2.24) is 10.2 Å². The summed E-state index contributed by atoms with van der Waals surface area (Å²) in [5.41, 5.74) is 1.47. The highest BCUT2D eigenvalue weighted by molar-refractivity contribution is 5.94. The molecule has 1 aromatic carbocycles. The molecule has 1 aromatic rings. The summed E-state index contributed by atoms with van der Waals surface area (Å²) in [4.78, 5) is 25.7. The molecule has 0 saturated heterocycles. The first-order valence-corrected chi connectivity index (χ1v) is 10.1. The fourth-order valence-corrected chi connectivity index (χ4v) is 4.18. The van der Waals surface area contributed by atoms with E-state index in [0.29, 0.717) is 18.0 Å². The Morgan fingerprint density at radius 3 is 2.54 bits per heavy atom. The number of hydrogen-bond donors (Lipinski definition) is 2. The van der Waals surface area contributed by atoms with Crippen molar-refractivity contribution in [2.45, 2.75) is 68.9 Å². The molecule has 2 amide bonds. The van der Waals surface area contributed by atoms with Crippen LogP contribution in [0.3, 0.4) is 0 Å². The molecule has 0 radical (unpaired) electrons. The fraction of sp³-hybridized carbons (Fsp3) is 0.619. The molecule has 2 N–H and O–H groups in total. The van der Waals surface area contributed by atoms with Crippen LogP contribution < -0.4 is 5.32 Å². The number of hydrogen-bond acceptors (Lipinski definition) is 2. The SMILES string of the molecule is O=C(NC1CCC(F)(F)CC1)c1cccc(C2CC2N(CC2CC2)C(=O)O)c1. The standard InChI is InChI=1S/C21H26F2N2O3/c22-21(23)8-6-16(7-9-21)24-19(26)15-3-1-2-14(10-15)17-11-18(17)25(20(27)28)12-13-4-5-13/h1-3,10,13,16-18H,4-9,11-12H2,(H,24,26)(H,27,28). The highest BCUT2D eigenvalue weighted by atomic mass is 19.3. The van der Waals surface area contributed by atoms with E-state index in [2.05, 4.69) is 5.32 Å². The van der Waals surface area contributed by atoms with Crippen LogP contribution in [0.1, 0.15) is 66.8 Å². The molecule has 2 unspecified atom stereocenters. The Kier molecular flexibility index (Phi) is 5.02. The van der Waals surface area contributed by atoms with Crippen molar-refractivity contribution in [3.63, 3.8) is 0 Å². The van der Waals surface area contributed by atoms with E-state index < -0.39 is 12.0 Å². The Morgan fingerprint density at radius 2 is 1.89 bits per heavy atom. The van der Waals surface area contributed by atoms with Gasteiger partial charge in [0.1, 0.15) is 0 Å². The van der Waals surface area contributed by atoms with Crippen LogP contribution in [0.15, 0.2) is 24.3 Å². The van der Waals surface area contributed by atoms with Crippen LogP contribution in [-0.4, -0.2) is 46.6 Å². The minimum atomic E-state index is -2.61. The van der Waals surface area contributed by atoms with Gasteiger partial charge in [0.15, 0.2) is 0 Å². The highest BCUT2D eigenvalue weighted by Gasteiger charge is 2.46. The quantitative estimate of drug-likeness (QED) is 0.761. The minimum absolute atomic E-state index is 0.0167. The number of amides is 2. The molecule has 152 valence electrons. The van der Waals surface area contributed by atoms with Crippen LogP contribution >= 0.6 is 0 Å². The lowest BCUT2D eigenvalue weighted by atomic mass is 9.92. The second-order valence-electron chi connectivity index (χ2n) is 8.52. The third kappa shape index (κ3) is 4.45. The number of rotatable bonds is 6. The van der Waals surface area contributed by atoms with Crippen molar-refractivity contribution in [3.8, 4) is 0 Å². The molecule has 2 atom stereocenters. The predicted molar refractivity (Wildman–Crippen MR) is 99.7 cm³/mol. The molecule has 3 aliphatic carbocycles. The summed E-state index contributed by atoms with van der Waals surface area (Å²) < 4.78 is 26.5. The summed E-state index contributed by atoms with van der Waals surface area (Å²) in [5.74, 6) is -2.24. The molecular weight excluding hydrogens is 366 g/mol. The van der Waals surface area contributed by atoms with E-state index in [1.54, 1.807) is 17.0 Å². The summed E-state index contributed by atoms with van der Waals surface area (Å²) in [5, 5.41) is 12.4. The van der Waals surface area contributed by atoms with Crippen LogP contribution in [-0.2, 0) is 0 Å². The molecule has 28 heavy (non-hydrogen) atoms. The maximum absolute atomic E-state index is 13.3. The van der Waals surface area contributed by atoms with E-state index in [0.717, 1.165) is 24.8 Å². The monoisotopic (exact) mass is 392 g/mol. The van der Waals surface area contributed by atoms with Crippen LogP contribution in [0.2, 0.25) is 0 Å². The molecule has 4 rings (SSSR count). The van der Waals surface area contributed by atoms with Gasteiger partial charge in [-0.2, -0.15) is 0 Å². The Hall–Kier alpha value is -2.18. The van der Waals surface area contributed by atoms with E-state index in [-0.39, 0.29) is 49.6 Å². The molecule has 0 aromatic heterocycles. The molecule has 0 aliphatic heterocycles. The molecule has 3 aliphatic rings. The lowest BCUT2D eigenvalue weighted by Gasteiger charge is -2.28. The second-order valence-corrected chi connectivity index (χ2v) is 8.52. The van der Waals surface area contributed by atoms with Gasteiger partial charge in [-0.15, -0.1) is 0 Å². The van der Waals surface area contributed by atoms with Crippen molar-refractivity contribution in [1.29, 1.82) is 0 Å². The van der Waals surface area contributed by atoms with E-state index in [1.165, 1.54) is 0 Å². The van der Waals surface area contributed by atoms with Crippen molar-refractivity contribution >= 4 is 12.0 Å². The van der Waals surface area contributed by atoms with Gasteiger partial charge in [-0.05, 0) is 55.7 Å². The van der Waals surface area contributed by atoms with Crippen molar-refractivity contribution in [3.05, 3.63) is 35.4 Å². The van der Waals surface area contributed by atoms with Gasteiger partial charge in [0, 0.05) is 43.0 Å². The van der Waals surface area contributed by atoms with Gasteiger partial charge in [-0.25, -0.2) is 13.6 Å². The van der Waals surface area contributed by atoms with E-state index in [1.807, 2.05) is 12.1 Å². The smallest absolute Gasteiger partial charge is 0.407 e. The minimum Gasteiger partial charge on any atom is -0.465 e. The van der Waals surface area contributed by atoms with Crippen LogP contribution in [0, 0.1) is 5.92 Å². The first-order valence-electron chi connectivity index (χ1n) is 10.1.